The third-order valence-electron chi connectivity index (χ3n) is 4.20. The first-order valence-corrected chi connectivity index (χ1v) is 6.76. The van der Waals surface area contributed by atoms with Crippen LogP contribution in [-0.4, -0.2) is 5.11 Å². The fraction of sp³-hybridized carbons (Fsp3) is 0.625. The monoisotopic (exact) mass is 232 g/mol. The quantitative estimate of drug-likeness (QED) is 0.800. The Labute approximate surface area is 105 Å². The van der Waals surface area contributed by atoms with E-state index in [2.05, 4.69) is 32.0 Å². The van der Waals surface area contributed by atoms with Gasteiger partial charge in [0.25, 0.3) is 0 Å². The first-order chi connectivity index (χ1) is 7.98. The minimum atomic E-state index is -0.352. The van der Waals surface area contributed by atoms with E-state index in [1.165, 1.54) is 31.2 Å². The molecule has 0 spiro atoms. The van der Waals surface area contributed by atoms with Crippen molar-refractivity contribution in [2.45, 2.75) is 58.5 Å². The van der Waals surface area contributed by atoms with Crippen LogP contribution in [0.25, 0.3) is 0 Å². The lowest BCUT2D eigenvalue weighted by atomic mass is 9.71. The standard InChI is InChI=1S/C16H24O/c1-12(17)14-5-4-6-15(11-14)13-7-9-16(2,3)10-8-13/h4-6,11-13,17H,7-10H2,1-3H3. The van der Waals surface area contributed by atoms with Gasteiger partial charge in [-0.2, -0.15) is 0 Å². The van der Waals surface area contributed by atoms with Crippen LogP contribution in [0.1, 0.15) is 69.6 Å². The molecule has 0 aromatic heterocycles. The van der Waals surface area contributed by atoms with E-state index in [1.54, 1.807) is 0 Å². The number of hydrogen-bond acceptors (Lipinski definition) is 1. The van der Waals surface area contributed by atoms with Gasteiger partial charge < -0.3 is 5.11 Å². The van der Waals surface area contributed by atoms with E-state index in [0.29, 0.717) is 11.3 Å². The molecule has 94 valence electrons. The zero-order chi connectivity index (χ0) is 12.5. The minimum absolute atomic E-state index is 0.352. The molecule has 1 aromatic rings. The van der Waals surface area contributed by atoms with Gasteiger partial charge in [-0.05, 0) is 55.1 Å². The highest BCUT2D eigenvalue weighted by atomic mass is 16.3. The lowest BCUT2D eigenvalue weighted by molar-refractivity contribution is 0.198. The molecule has 1 aliphatic carbocycles. The summed E-state index contributed by atoms with van der Waals surface area (Å²) < 4.78 is 0. The second-order valence-electron chi connectivity index (χ2n) is 6.28. The Morgan fingerprint density at radius 1 is 1.24 bits per heavy atom. The van der Waals surface area contributed by atoms with Crippen LogP contribution in [0.4, 0.5) is 0 Å². The number of hydrogen-bond donors (Lipinski definition) is 1. The van der Waals surface area contributed by atoms with Crippen molar-refractivity contribution >= 4 is 0 Å². The van der Waals surface area contributed by atoms with Crippen LogP contribution in [0.3, 0.4) is 0 Å². The second-order valence-corrected chi connectivity index (χ2v) is 6.28. The van der Waals surface area contributed by atoms with E-state index in [9.17, 15) is 5.11 Å². The SMILES string of the molecule is CC(O)c1cccc(C2CCC(C)(C)CC2)c1. The summed E-state index contributed by atoms with van der Waals surface area (Å²) in [4.78, 5) is 0. The predicted molar refractivity (Wildman–Crippen MR) is 72.1 cm³/mol. The van der Waals surface area contributed by atoms with Crippen LogP contribution in [0, 0.1) is 5.41 Å². The molecule has 0 amide bonds. The molecule has 1 fully saturated rings. The van der Waals surface area contributed by atoms with Gasteiger partial charge in [-0.15, -0.1) is 0 Å². The van der Waals surface area contributed by atoms with Crippen molar-refractivity contribution in [3.8, 4) is 0 Å². The molecule has 1 saturated carbocycles. The van der Waals surface area contributed by atoms with Gasteiger partial charge in [0.2, 0.25) is 0 Å². The van der Waals surface area contributed by atoms with Crippen LogP contribution in [-0.2, 0) is 0 Å². The summed E-state index contributed by atoms with van der Waals surface area (Å²) in [6.07, 6.45) is 4.86. The van der Waals surface area contributed by atoms with Gasteiger partial charge in [-0.25, -0.2) is 0 Å². The molecule has 2 rings (SSSR count). The van der Waals surface area contributed by atoms with Crippen molar-refractivity contribution in [3.05, 3.63) is 35.4 Å². The molecule has 1 aromatic carbocycles. The zero-order valence-corrected chi connectivity index (χ0v) is 11.2. The molecule has 17 heavy (non-hydrogen) atoms. The Balaban J connectivity index is 2.10. The largest absolute Gasteiger partial charge is 0.389 e. The van der Waals surface area contributed by atoms with Crippen LogP contribution in [0.2, 0.25) is 0 Å². The Morgan fingerprint density at radius 3 is 2.47 bits per heavy atom. The fourth-order valence-electron chi connectivity index (χ4n) is 2.81. The minimum Gasteiger partial charge on any atom is -0.389 e. The van der Waals surface area contributed by atoms with Gasteiger partial charge in [-0.3, -0.25) is 0 Å². The third kappa shape index (κ3) is 3.10. The summed E-state index contributed by atoms with van der Waals surface area (Å²) in [7, 11) is 0. The Bertz CT molecular complexity index is 369. The van der Waals surface area contributed by atoms with Gasteiger partial charge in [0.05, 0.1) is 6.10 Å². The van der Waals surface area contributed by atoms with Gasteiger partial charge >= 0.3 is 0 Å². The van der Waals surface area contributed by atoms with E-state index in [1.807, 2.05) is 13.0 Å². The van der Waals surface area contributed by atoms with Crippen molar-refractivity contribution in [1.29, 1.82) is 0 Å². The van der Waals surface area contributed by atoms with E-state index >= 15 is 0 Å². The lowest BCUT2D eigenvalue weighted by Gasteiger charge is -2.34. The summed E-state index contributed by atoms with van der Waals surface area (Å²) in [6, 6.07) is 8.50. The van der Waals surface area contributed by atoms with Crippen molar-refractivity contribution in [1.82, 2.24) is 0 Å². The zero-order valence-electron chi connectivity index (χ0n) is 11.2. The molecular weight excluding hydrogens is 208 g/mol. The lowest BCUT2D eigenvalue weighted by Crippen LogP contribution is -2.20. The molecule has 0 aliphatic heterocycles. The highest BCUT2D eigenvalue weighted by Crippen LogP contribution is 2.42. The number of aliphatic hydroxyl groups excluding tert-OH is 1. The maximum atomic E-state index is 9.63. The molecule has 1 aliphatic rings. The molecule has 0 radical (unpaired) electrons. The van der Waals surface area contributed by atoms with E-state index in [0.717, 1.165) is 5.56 Å². The highest BCUT2D eigenvalue weighted by molar-refractivity contribution is 5.28. The molecule has 0 bridgehead atoms. The summed E-state index contributed by atoms with van der Waals surface area (Å²) >= 11 is 0. The molecule has 1 N–H and O–H groups in total. The first kappa shape index (κ1) is 12.6. The van der Waals surface area contributed by atoms with Crippen LogP contribution >= 0.6 is 0 Å². The molecule has 1 unspecified atom stereocenters. The molecular formula is C16H24O. The van der Waals surface area contributed by atoms with Gasteiger partial charge in [0, 0.05) is 0 Å². The van der Waals surface area contributed by atoms with Gasteiger partial charge in [-0.1, -0.05) is 38.1 Å². The normalized spacial score (nSPS) is 22.4. The van der Waals surface area contributed by atoms with E-state index < -0.39 is 0 Å². The van der Waals surface area contributed by atoms with Crippen molar-refractivity contribution < 1.29 is 5.11 Å². The van der Waals surface area contributed by atoms with Crippen molar-refractivity contribution in [2.24, 2.45) is 5.41 Å². The average molecular weight is 232 g/mol. The fourth-order valence-corrected chi connectivity index (χ4v) is 2.81. The molecule has 1 atom stereocenters. The summed E-state index contributed by atoms with van der Waals surface area (Å²) in [5.41, 5.74) is 2.99. The van der Waals surface area contributed by atoms with Gasteiger partial charge in [0.15, 0.2) is 0 Å². The Morgan fingerprint density at radius 2 is 1.88 bits per heavy atom. The maximum absolute atomic E-state index is 9.63. The van der Waals surface area contributed by atoms with E-state index in [-0.39, 0.29) is 6.10 Å². The smallest absolute Gasteiger partial charge is 0.0762 e. The first-order valence-electron chi connectivity index (χ1n) is 6.76. The topological polar surface area (TPSA) is 20.2 Å². The Kier molecular flexibility index (Phi) is 3.58. The summed E-state index contributed by atoms with van der Waals surface area (Å²) in [5.74, 6) is 0.696. The number of aliphatic hydroxyl groups is 1. The van der Waals surface area contributed by atoms with Crippen LogP contribution in [0.5, 0.6) is 0 Å². The predicted octanol–water partition coefficient (Wildman–Crippen LogP) is 4.42. The second kappa shape index (κ2) is 4.81. The maximum Gasteiger partial charge on any atom is 0.0762 e. The summed E-state index contributed by atoms with van der Waals surface area (Å²) in [5, 5.41) is 9.63. The molecule has 1 heteroatoms. The van der Waals surface area contributed by atoms with E-state index in [4.69, 9.17) is 0 Å². The van der Waals surface area contributed by atoms with Crippen LogP contribution in [0.15, 0.2) is 24.3 Å². The summed E-state index contributed by atoms with van der Waals surface area (Å²) in [6.45, 7) is 6.58. The van der Waals surface area contributed by atoms with Gasteiger partial charge in [0.1, 0.15) is 0 Å². The van der Waals surface area contributed by atoms with Crippen LogP contribution < -0.4 is 0 Å². The number of rotatable bonds is 2. The van der Waals surface area contributed by atoms with Crippen molar-refractivity contribution in [3.63, 3.8) is 0 Å². The molecule has 0 saturated heterocycles. The third-order valence-corrected chi connectivity index (χ3v) is 4.20. The molecule has 0 heterocycles. The van der Waals surface area contributed by atoms with Crippen molar-refractivity contribution in [2.75, 3.05) is 0 Å². The average Bonchev–Trinajstić information content (AvgIpc) is 2.29. The Hall–Kier alpha value is -0.820. The number of benzene rings is 1. The molecule has 1 nitrogen and oxygen atoms in total. The highest BCUT2D eigenvalue weighted by Gasteiger charge is 2.27.